The first-order valence-corrected chi connectivity index (χ1v) is 13.2. The minimum atomic E-state index is -0.379. The Labute approximate surface area is 222 Å². The van der Waals surface area contributed by atoms with Gasteiger partial charge >= 0.3 is 5.97 Å². The number of aromatic nitrogens is 1. The highest BCUT2D eigenvalue weighted by Crippen LogP contribution is 2.28. The molecule has 0 saturated carbocycles. The number of cyclic esters (lactones) is 1. The van der Waals surface area contributed by atoms with Crippen LogP contribution in [-0.4, -0.2) is 71.5 Å². The molecule has 0 bridgehead atoms. The number of amidine groups is 1. The topological polar surface area (TPSA) is 111 Å². The smallest absolute Gasteiger partial charge is 0.309 e. The van der Waals surface area contributed by atoms with Crippen LogP contribution in [0.4, 0.5) is 4.39 Å². The number of carbonyl (C=O) groups excluding carboxylic acids is 2. The number of hydrazone groups is 1. The number of hydrogen-bond acceptors (Lipinski definition) is 9. The lowest BCUT2D eigenvalue weighted by Crippen LogP contribution is -2.43. The van der Waals surface area contributed by atoms with E-state index in [0.29, 0.717) is 42.0 Å². The Bertz CT molecular complexity index is 1150. The minimum absolute atomic E-state index is 0.169. The maximum absolute atomic E-state index is 15.0. The second kappa shape index (κ2) is 12.8. The molecule has 0 spiro atoms. The molecule has 0 aliphatic carbocycles. The Morgan fingerprint density at radius 3 is 2.76 bits per heavy atom. The molecule has 1 unspecified atom stereocenters. The number of nitrogens with zero attached hydrogens (tertiary/aromatic N) is 4. The maximum atomic E-state index is 15.0. The van der Waals surface area contributed by atoms with Gasteiger partial charge < -0.3 is 15.0 Å². The molecule has 3 heterocycles. The first kappa shape index (κ1) is 27.5. The predicted octanol–water partition coefficient (Wildman–Crippen LogP) is 2.22. The molecular weight excluding hydrogens is 489 g/mol. The standard InChI is InChI=1S/C27H36FN7O3/c1-4-34(5-2)11-6-12-35-32-26(31-33-35)25-10-8-20(16-30-25)23-9-7-19(14-24(23)28)13-21-15-22(38-27(21)37)17-29-18(3)36/h7-10,14,16,21-22,33H,4-6,11-13,15,17H2,1-3H3,(H,29,36)(H,31,32)/t21-,22?/m1/s1. The van der Waals surface area contributed by atoms with Crippen LogP contribution in [0.1, 0.15) is 44.9 Å². The first-order valence-electron chi connectivity index (χ1n) is 13.2. The Kier molecular flexibility index (Phi) is 9.24. The minimum Gasteiger partial charge on any atom is -0.460 e. The fourth-order valence-electron chi connectivity index (χ4n) is 4.67. The zero-order valence-electron chi connectivity index (χ0n) is 22.2. The van der Waals surface area contributed by atoms with Gasteiger partial charge in [-0.05, 0) is 56.6 Å². The number of carbonyl (C=O) groups is 2. The van der Waals surface area contributed by atoms with Crippen molar-refractivity contribution < 1.29 is 18.7 Å². The van der Waals surface area contributed by atoms with E-state index in [0.717, 1.165) is 38.2 Å². The van der Waals surface area contributed by atoms with Gasteiger partial charge in [-0.25, -0.2) is 9.93 Å². The van der Waals surface area contributed by atoms with Crippen molar-refractivity contribution in [3.05, 3.63) is 53.6 Å². The molecule has 38 heavy (non-hydrogen) atoms. The Balaban J connectivity index is 1.31. The average Bonchev–Trinajstić information content (AvgIpc) is 3.52. The molecule has 3 N–H and O–H groups in total. The molecule has 2 aromatic rings. The number of rotatable bonds is 12. The summed E-state index contributed by atoms with van der Waals surface area (Å²) in [6.07, 6.45) is 3.15. The Morgan fingerprint density at radius 1 is 1.26 bits per heavy atom. The van der Waals surface area contributed by atoms with Gasteiger partial charge in [-0.1, -0.05) is 32.0 Å². The number of pyridine rings is 1. The van der Waals surface area contributed by atoms with E-state index in [1.807, 2.05) is 17.3 Å². The zero-order valence-corrected chi connectivity index (χ0v) is 22.2. The molecule has 1 fully saturated rings. The first-order chi connectivity index (χ1) is 18.4. The van der Waals surface area contributed by atoms with Gasteiger partial charge in [0.2, 0.25) is 5.91 Å². The summed E-state index contributed by atoms with van der Waals surface area (Å²) < 4.78 is 20.4. The van der Waals surface area contributed by atoms with Crippen molar-refractivity contribution >= 4 is 17.7 Å². The molecule has 204 valence electrons. The highest BCUT2D eigenvalue weighted by atomic mass is 19.1. The zero-order chi connectivity index (χ0) is 27.1. The van der Waals surface area contributed by atoms with E-state index in [4.69, 9.17) is 4.74 Å². The second-order valence-corrected chi connectivity index (χ2v) is 9.58. The fourth-order valence-corrected chi connectivity index (χ4v) is 4.67. The third-order valence-corrected chi connectivity index (χ3v) is 6.85. The van der Waals surface area contributed by atoms with Crippen molar-refractivity contribution in [3.8, 4) is 11.1 Å². The second-order valence-electron chi connectivity index (χ2n) is 9.58. The molecule has 10 nitrogen and oxygen atoms in total. The van der Waals surface area contributed by atoms with Gasteiger partial charge in [0.25, 0.3) is 0 Å². The third kappa shape index (κ3) is 7.05. The van der Waals surface area contributed by atoms with Crippen LogP contribution in [0.5, 0.6) is 0 Å². The SMILES string of the molecule is CCN(CC)CCCN1NN=C(c2ccc(-c3ccc(C[C@@H]4CC(CNC(C)=O)OC4=O)cc3F)cn2)N1. The highest BCUT2D eigenvalue weighted by molar-refractivity contribution is 5.97. The molecular formula is C27H36FN7O3. The highest BCUT2D eigenvalue weighted by Gasteiger charge is 2.34. The van der Waals surface area contributed by atoms with Gasteiger partial charge in [0.1, 0.15) is 17.6 Å². The summed E-state index contributed by atoms with van der Waals surface area (Å²) in [5.74, 6) is -0.613. The van der Waals surface area contributed by atoms with Gasteiger partial charge in [-0.3, -0.25) is 20.0 Å². The summed E-state index contributed by atoms with van der Waals surface area (Å²) in [6.45, 7) is 9.91. The van der Waals surface area contributed by atoms with Crippen LogP contribution in [0.15, 0.2) is 41.6 Å². The summed E-state index contributed by atoms with van der Waals surface area (Å²) in [4.78, 5) is 30.2. The van der Waals surface area contributed by atoms with Gasteiger partial charge in [0.05, 0.1) is 12.5 Å². The molecule has 2 aliphatic rings. The van der Waals surface area contributed by atoms with Crippen LogP contribution in [0.3, 0.4) is 0 Å². The lowest BCUT2D eigenvalue weighted by Gasteiger charge is -2.20. The van der Waals surface area contributed by atoms with Gasteiger partial charge in [-0.2, -0.15) is 0 Å². The summed E-state index contributed by atoms with van der Waals surface area (Å²) in [5, 5.41) is 8.80. The normalized spacial score (nSPS) is 19.2. The number of nitrogens with one attached hydrogen (secondary N) is 3. The van der Waals surface area contributed by atoms with Gasteiger partial charge in [0.15, 0.2) is 5.84 Å². The summed E-state index contributed by atoms with van der Waals surface area (Å²) in [5.41, 5.74) is 8.62. The number of hydrazine groups is 2. The van der Waals surface area contributed by atoms with Crippen LogP contribution >= 0.6 is 0 Å². The summed E-state index contributed by atoms with van der Waals surface area (Å²) >= 11 is 0. The number of ether oxygens (including phenoxy) is 1. The number of amides is 1. The van der Waals surface area contributed by atoms with E-state index < -0.39 is 0 Å². The molecule has 2 atom stereocenters. The molecule has 0 radical (unpaired) electrons. The van der Waals surface area contributed by atoms with Crippen molar-refractivity contribution in [2.24, 2.45) is 11.0 Å². The number of hydrogen-bond donors (Lipinski definition) is 3. The van der Waals surface area contributed by atoms with Crippen LogP contribution in [-0.2, 0) is 20.7 Å². The Morgan fingerprint density at radius 2 is 2.08 bits per heavy atom. The van der Waals surface area contributed by atoms with Crippen molar-refractivity contribution in [2.45, 2.75) is 46.1 Å². The molecule has 1 aromatic heterocycles. The van der Waals surface area contributed by atoms with Gasteiger partial charge in [-0.15, -0.1) is 10.2 Å². The van der Waals surface area contributed by atoms with Crippen molar-refractivity contribution in [1.29, 1.82) is 0 Å². The van der Waals surface area contributed by atoms with Crippen LogP contribution in [0, 0.1) is 11.7 Å². The van der Waals surface area contributed by atoms with E-state index in [9.17, 15) is 9.59 Å². The van der Waals surface area contributed by atoms with Crippen molar-refractivity contribution in [2.75, 3.05) is 32.7 Å². The quantitative estimate of drug-likeness (QED) is 0.362. The van der Waals surface area contributed by atoms with E-state index >= 15 is 4.39 Å². The number of halogens is 1. The molecule has 2 aliphatic heterocycles. The number of esters is 1. The molecule has 1 amide bonds. The maximum Gasteiger partial charge on any atom is 0.309 e. The van der Waals surface area contributed by atoms with Crippen molar-refractivity contribution in [3.63, 3.8) is 0 Å². The van der Waals surface area contributed by atoms with E-state index in [1.54, 1.807) is 18.3 Å². The van der Waals surface area contributed by atoms with Crippen LogP contribution in [0.25, 0.3) is 11.1 Å². The van der Waals surface area contributed by atoms with Gasteiger partial charge in [0, 0.05) is 30.8 Å². The summed E-state index contributed by atoms with van der Waals surface area (Å²) in [6, 6.07) is 8.61. The Hall–Kier alpha value is -3.57. The van der Waals surface area contributed by atoms with Crippen LogP contribution < -0.4 is 16.3 Å². The lowest BCUT2D eigenvalue weighted by atomic mass is 9.94. The monoisotopic (exact) mass is 525 g/mol. The molecule has 11 heteroatoms. The lowest BCUT2D eigenvalue weighted by molar-refractivity contribution is -0.144. The fraction of sp³-hybridized carbons (Fsp3) is 0.481. The molecule has 1 aromatic carbocycles. The molecule has 1 saturated heterocycles. The van der Waals surface area contributed by atoms with E-state index in [-0.39, 0.29) is 29.7 Å². The molecule has 4 rings (SSSR count). The average molecular weight is 526 g/mol. The van der Waals surface area contributed by atoms with Crippen LogP contribution in [0.2, 0.25) is 0 Å². The summed E-state index contributed by atoms with van der Waals surface area (Å²) in [7, 11) is 0. The third-order valence-electron chi connectivity index (χ3n) is 6.85. The predicted molar refractivity (Wildman–Crippen MR) is 142 cm³/mol. The largest absolute Gasteiger partial charge is 0.460 e. The van der Waals surface area contributed by atoms with E-state index in [1.165, 1.54) is 13.0 Å². The van der Waals surface area contributed by atoms with Crippen molar-refractivity contribution in [1.82, 2.24) is 31.3 Å². The number of benzene rings is 1. The van der Waals surface area contributed by atoms with E-state index in [2.05, 4.69) is 45.1 Å².